The molecule has 0 unspecified atom stereocenters. The zero-order valence-electron chi connectivity index (χ0n) is 28.0. The van der Waals surface area contributed by atoms with E-state index in [1.165, 1.54) is 0 Å². The van der Waals surface area contributed by atoms with Crippen molar-refractivity contribution >= 4 is 29.5 Å². The van der Waals surface area contributed by atoms with Crippen molar-refractivity contribution in [1.82, 2.24) is 20.9 Å². The highest BCUT2D eigenvalue weighted by Gasteiger charge is 2.32. The minimum Gasteiger partial charge on any atom is -0.444 e. The lowest BCUT2D eigenvalue weighted by atomic mass is 10.0. The average Bonchev–Trinajstić information content (AvgIpc) is 2.88. The molecule has 1 atom stereocenters. The van der Waals surface area contributed by atoms with Crippen molar-refractivity contribution in [2.24, 2.45) is 0 Å². The molecule has 46 heavy (non-hydrogen) atoms. The lowest BCUT2D eigenvalue weighted by Gasteiger charge is -2.27. The highest BCUT2D eigenvalue weighted by Crippen LogP contribution is 2.32. The molecule has 2 aromatic carbocycles. The van der Waals surface area contributed by atoms with Crippen molar-refractivity contribution in [2.45, 2.75) is 91.7 Å². The van der Waals surface area contributed by atoms with Gasteiger partial charge in [-0.05, 0) is 98.2 Å². The highest BCUT2D eigenvalue weighted by molar-refractivity contribution is 6.04. The number of hydrogen-bond acceptors (Lipinski definition) is 6. The molecular formula is C33H46F3N5O5. The number of aryl methyl sites for hydroxylation is 2. The van der Waals surface area contributed by atoms with Crippen LogP contribution in [0.1, 0.15) is 80.6 Å². The van der Waals surface area contributed by atoms with Crippen molar-refractivity contribution in [3.05, 3.63) is 64.2 Å². The summed E-state index contributed by atoms with van der Waals surface area (Å²) in [7, 11) is 1.90. The van der Waals surface area contributed by atoms with Crippen LogP contribution in [0, 0.1) is 13.8 Å². The van der Waals surface area contributed by atoms with Crippen LogP contribution in [0.25, 0.3) is 0 Å². The van der Waals surface area contributed by atoms with Gasteiger partial charge in [0.1, 0.15) is 11.6 Å². The average molecular weight is 650 g/mol. The monoisotopic (exact) mass is 649 g/mol. The van der Waals surface area contributed by atoms with Crippen LogP contribution in [0.3, 0.4) is 0 Å². The molecule has 4 amide bonds. The fraction of sp³-hybridized carbons (Fsp3) is 0.515. The third-order valence-electron chi connectivity index (χ3n) is 6.52. The van der Waals surface area contributed by atoms with E-state index in [-0.39, 0.29) is 12.1 Å². The lowest BCUT2D eigenvalue weighted by molar-refractivity contribution is -0.137. The van der Waals surface area contributed by atoms with Gasteiger partial charge in [0, 0.05) is 18.6 Å². The van der Waals surface area contributed by atoms with Gasteiger partial charge in [0.2, 0.25) is 11.8 Å². The van der Waals surface area contributed by atoms with Crippen molar-refractivity contribution in [3.63, 3.8) is 0 Å². The van der Waals surface area contributed by atoms with Gasteiger partial charge in [0.05, 0.1) is 23.4 Å². The second-order valence-corrected chi connectivity index (χ2v) is 13.4. The number of benzene rings is 2. The molecule has 254 valence electrons. The second-order valence-electron chi connectivity index (χ2n) is 13.4. The molecule has 0 heterocycles. The summed E-state index contributed by atoms with van der Waals surface area (Å²) in [6.07, 6.45) is -5.50. The number of carbonyl (C=O) groups excluding carboxylic acids is 4. The molecule has 2 aromatic rings. The Hall–Kier alpha value is -4.13. The molecule has 2 rings (SSSR count). The van der Waals surface area contributed by atoms with E-state index in [1.54, 1.807) is 41.5 Å². The molecule has 0 radical (unpaired) electrons. The summed E-state index contributed by atoms with van der Waals surface area (Å²) >= 11 is 0. The molecular weight excluding hydrogens is 603 g/mol. The molecule has 0 spiro atoms. The molecule has 10 nitrogen and oxygen atoms in total. The number of halogens is 3. The number of nitrogens with zero attached hydrogens (tertiary/aromatic N) is 1. The van der Waals surface area contributed by atoms with E-state index in [1.807, 2.05) is 37.9 Å². The Bertz CT molecular complexity index is 1410. The number of carbonyl (C=O) groups is 4. The number of alkyl halides is 3. The molecule has 13 heteroatoms. The molecule has 0 aliphatic rings. The third kappa shape index (κ3) is 13.1. The SMILES string of the molecule is Cc1ccc(CN(C)CC[C@H](NC(=O)CNC(=O)c2cc(C(F)(F)F)ccc2NC(=O)OC(C)(C)C)C(=O)NC(C)(C)C)c(C)c1. The second kappa shape index (κ2) is 15.4. The van der Waals surface area contributed by atoms with Crippen LogP contribution in [0.2, 0.25) is 0 Å². The van der Waals surface area contributed by atoms with E-state index in [0.717, 1.165) is 22.8 Å². The van der Waals surface area contributed by atoms with Gasteiger partial charge in [-0.3, -0.25) is 19.7 Å². The Balaban J connectivity index is 2.15. The summed E-state index contributed by atoms with van der Waals surface area (Å²) < 4.78 is 45.5. The predicted molar refractivity (Wildman–Crippen MR) is 170 cm³/mol. The number of rotatable bonds is 11. The fourth-order valence-electron chi connectivity index (χ4n) is 4.40. The van der Waals surface area contributed by atoms with Gasteiger partial charge in [-0.2, -0.15) is 13.2 Å². The Morgan fingerprint density at radius 2 is 1.59 bits per heavy atom. The topological polar surface area (TPSA) is 129 Å². The van der Waals surface area contributed by atoms with Gasteiger partial charge in [-0.25, -0.2) is 4.79 Å². The van der Waals surface area contributed by atoms with Crippen molar-refractivity contribution in [1.29, 1.82) is 0 Å². The maximum absolute atomic E-state index is 13.4. The van der Waals surface area contributed by atoms with Crippen molar-refractivity contribution in [2.75, 3.05) is 25.5 Å². The van der Waals surface area contributed by atoms with E-state index in [9.17, 15) is 32.3 Å². The van der Waals surface area contributed by atoms with Crippen LogP contribution < -0.4 is 21.3 Å². The van der Waals surface area contributed by atoms with Crippen LogP contribution in [0.4, 0.5) is 23.7 Å². The van der Waals surface area contributed by atoms with Crippen LogP contribution in [-0.2, 0) is 27.0 Å². The van der Waals surface area contributed by atoms with Gasteiger partial charge in [0.25, 0.3) is 5.91 Å². The van der Waals surface area contributed by atoms with Crippen LogP contribution in [0.15, 0.2) is 36.4 Å². The normalized spacial score (nSPS) is 12.7. The van der Waals surface area contributed by atoms with Crippen LogP contribution >= 0.6 is 0 Å². The summed E-state index contributed by atoms with van der Waals surface area (Å²) in [5.41, 5.74) is 0.0507. The van der Waals surface area contributed by atoms with Crippen LogP contribution in [0.5, 0.6) is 0 Å². The summed E-state index contributed by atoms with van der Waals surface area (Å²) in [5, 5.41) is 10.1. The maximum Gasteiger partial charge on any atom is 0.416 e. The Labute approximate surface area is 268 Å². The van der Waals surface area contributed by atoms with Crippen molar-refractivity contribution in [3.8, 4) is 0 Å². The van der Waals surface area contributed by atoms with E-state index in [4.69, 9.17) is 4.74 Å². The van der Waals surface area contributed by atoms with Gasteiger partial charge in [0.15, 0.2) is 0 Å². The molecule has 0 saturated carbocycles. The molecule has 4 N–H and O–H groups in total. The quantitative estimate of drug-likeness (QED) is 0.261. The predicted octanol–water partition coefficient (Wildman–Crippen LogP) is 5.32. The molecule has 0 aliphatic carbocycles. The number of amides is 4. The molecule has 0 aromatic heterocycles. The van der Waals surface area contributed by atoms with Gasteiger partial charge >= 0.3 is 12.3 Å². The first-order valence-electron chi connectivity index (χ1n) is 14.9. The number of ether oxygens (including phenoxy) is 1. The summed E-state index contributed by atoms with van der Waals surface area (Å²) in [6, 6.07) is 7.44. The van der Waals surface area contributed by atoms with Crippen LogP contribution in [-0.4, -0.2) is 66.0 Å². The molecule has 0 bridgehead atoms. The summed E-state index contributed by atoms with van der Waals surface area (Å²) in [5.74, 6) is -2.20. The largest absolute Gasteiger partial charge is 0.444 e. The first-order valence-corrected chi connectivity index (χ1v) is 14.9. The minimum atomic E-state index is -4.77. The van der Waals surface area contributed by atoms with E-state index in [2.05, 4.69) is 27.3 Å². The molecule has 0 fully saturated rings. The maximum atomic E-state index is 13.4. The Morgan fingerprint density at radius 3 is 2.15 bits per heavy atom. The first kappa shape index (κ1) is 38.1. The summed E-state index contributed by atoms with van der Waals surface area (Å²) in [4.78, 5) is 53.4. The van der Waals surface area contributed by atoms with Gasteiger partial charge < -0.3 is 25.6 Å². The van der Waals surface area contributed by atoms with Crippen molar-refractivity contribution < 1.29 is 37.1 Å². The van der Waals surface area contributed by atoms with Gasteiger partial charge in [-0.1, -0.05) is 23.8 Å². The fourth-order valence-corrected chi connectivity index (χ4v) is 4.40. The first-order chi connectivity index (χ1) is 21.0. The number of hydrogen-bond donors (Lipinski definition) is 4. The summed E-state index contributed by atoms with van der Waals surface area (Å²) in [6.45, 7) is 14.7. The number of anilines is 1. The standard InChI is InChI=1S/C33H46F3N5O5/c1-20-10-11-22(21(2)16-20)19-41(9)15-14-26(29(44)40-31(3,4)5)38-27(42)18-37-28(43)24-17-23(33(34,35)36)12-13-25(24)39-30(45)46-32(6,7)8/h10-13,16-17,26H,14-15,18-19H2,1-9H3,(H,37,43)(H,38,42)(H,39,45)(H,40,44)/t26-/m0/s1. The molecule has 0 aliphatic heterocycles. The van der Waals surface area contributed by atoms with Gasteiger partial charge in [-0.15, -0.1) is 0 Å². The lowest BCUT2D eigenvalue weighted by Crippen LogP contribution is -2.54. The molecule has 0 saturated heterocycles. The minimum absolute atomic E-state index is 0.241. The number of nitrogens with one attached hydrogen (secondary N) is 4. The zero-order valence-corrected chi connectivity index (χ0v) is 28.0. The Kier molecular flexibility index (Phi) is 12.8. The van der Waals surface area contributed by atoms with E-state index in [0.29, 0.717) is 25.2 Å². The highest BCUT2D eigenvalue weighted by atomic mass is 19.4. The van der Waals surface area contributed by atoms with E-state index >= 15 is 0 Å². The Morgan fingerprint density at radius 1 is 0.935 bits per heavy atom. The smallest absolute Gasteiger partial charge is 0.416 e. The van der Waals surface area contributed by atoms with E-state index < -0.39 is 64.8 Å². The zero-order chi connectivity index (χ0) is 35.0. The third-order valence-corrected chi connectivity index (χ3v) is 6.52.